The Kier molecular flexibility index (Phi) is 4.43. The van der Waals surface area contributed by atoms with Crippen LogP contribution in [0.15, 0.2) is 18.2 Å². The molecule has 3 N–H and O–H groups in total. The van der Waals surface area contributed by atoms with Gasteiger partial charge < -0.3 is 11.1 Å². The molecule has 1 amide bonds. The van der Waals surface area contributed by atoms with Gasteiger partial charge in [0, 0.05) is 17.4 Å². The van der Waals surface area contributed by atoms with E-state index in [2.05, 4.69) is 10.2 Å². The average Bonchev–Trinajstić information content (AvgIpc) is 2.88. The SMILES string of the molecule is Cc1c(N)cccc1NC(=O)CN(C)C1CCCC1. The number of hydrogen-bond acceptors (Lipinski definition) is 3. The number of hydrogen-bond donors (Lipinski definition) is 2. The van der Waals surface area contributed by atoms with Gasteiger partial charge in [0.05, 0.1) is 6.54 Å². The zero-order valence-electron chi connectivity index (χ0n) is 11.8. The Labute approximate surface area is 115 Å². The second-order valence-electron chi connectivity index (χ2n) is 5.42. The second-order valence-corrected chi connectivity index (χ2v) is 5.42. The molecule has 0 aromatic heterocycles. The minimum Gasteiger partial charge on any atom is -0.398 e. The number of nitrogens with one attached hydrogen (secondary N) is 1. The van der Waals surface area contributed by atoms with E-state index in [1.807, 2.05) is 32.2 Å². The highest BCUT2D eigenvalue weighted by Gasteiger charge is 2.21. The van der Waals surface area contributed by atoms with Crippen molar-refractivity contribution in [3.8, 4) is 0 Å². The number of nitrogens with zero attached hydrogens (tertiary/aromatic N) is 1. The summed E-state index contributed by atoms with van der Waals surface area (Å²) in [5.74, 6) is 0.0306. The number of benzene rings is 1. The molecule has 4 nitrogen and oxygen atoms in total. The van der Waals surface area contributed by atoms with Crippen LogP contribution in [-0.2, 0) is 4.79 Å². The Morgan fingerprint density at radius 3 is 2.79 bits per heavy atom. The lowest BCUT2D eigenvalue weighted by Gasteiger charge is -2.23. The van der Waals surface area contributed by atoms with Gasteiger partial charge in [0.2, 0.25) is 5.91 Å². The molecule has 1 aliphatic carbocycles. The van der Waals surface area contributed by atoms with Crippen molar-refractivity contribution >= 4 is 17.3 Å². The van der Waals surface area contributed by atoms with Crippen molar-refractivity contribution in [1.29, 1.82) is 0 Å². The minimum absolute atomic E-state index is 0.0306. The fourth-order valence-corrected chi connectivity index (χ4v) is 2.68. The van der Waals surface area contributed by atoms with Gasteiger partial charge in [0.25, 0.3) is 0 Å². The molecule has 1 saturated carbocycles. The van der Waals surface area contributed by atoms with Crippen LogP contribution in [0, 0.1) is 6.92 Å². The van der Waals surface area contributed by atoms with Crippen LogP contribution >= 0.6 is 0 Å². The lowest BCUT2D eigenvalue weighted by atomic mass is 10.1. The molecule has 0 saturated heterocycles. The minimum atomic E-state index is 0.0306. The van der Waals surface area contributed by atoms with Crippen LogP contribution in [0.25, 0.3) is 0 Å². The Morgan fingerprint density at radius 1 is 1.42 bits per heavy atom. The van der Waals surface area contributed by atoms with Crippen molar-refractivity contribution in [3.63, 3.8) is 0 Å². The van der Waals surface area contributed by atoms with Crippen molar-refractivity contribution in [2.45, 2.75) is 38.6 Å². The molecule has 0 radical (unpaired) electrons. The molecule has 19 heavy (non-hydrogen) atoms. The van der Waals surface area contributed by atoms with Gasteiger partial charge in [-0.25, -0.2) is 0 Å². The summed E-state index contributed by atoms with van der Waals surface area (Å²) in [5.41, 5.74) is 8.29. The van der Waals surface area contributed by atoms with E-state index in [4.69, 9.17) is 5.73 Å². The summed E-state index contributed by atoms with van der Waals surface area (Å²) in [6, 6.07) is 6.15. The zero-order chi connectivity index (χ0) is 13.8. The van der Waals surface area contributed by atoms with Crippen molar-refractivity contribution in [2.24, 2.45) is 0 Å². The number of carbonyl (C=O) groups excluding carboxylic acids is 1. The molecule has 1 aromatic rings. The maximum Gasteiger partial charge on any atom is 0.238 e. The summed E-state index contributed by atoms with van der Waals surface area (Å²) in [4.78, 5) is 14.2. The molecule has 2 rings (SSSR count). The molecule has 0 aliphatic heterocycles. The summed E-state index contributed by atoms with van der Waals surface area (Å²) >= 11 is 0. The number of likely N-dealkylation sites (N-methyl/N-ethyl adjacent to an activating group) is 1. The van der Waals surface area contributed by atoms with Crippen molar-refractivity contribution in [1.82, 2.24) is 4.90 Å². The zero-order valence-corrected chi connectivity index (χ0v) is 11.8. The molecule has 0 heterocycles. The van der Waals surface area contributed by atoms with Crippen LogP contribution in [0.3, 0.4) is 0 Å². The lowest BCUT2D eigenvalue weighted by Crippen LogP contribution is -2.36. The fraction of sp³-hybridized carbons (Fsp3) is 0.533. The molecule has 0 bridgehead atoms. The third kappa shape index (κ3) is 3.47. The summed E-state index contributed by atoms with van der Waals surface area (Å²) in [7, 11) is 2.03. The van der Waals surface area contributed by atoms with Gasteiger partial charge in [-0.2, -0.15) is 0 Å². The first kappa shape index (κ1) is 13.9. The standard InChI is InChI=1S/C15H23N3O/c1-11-13(16)8-5-9-14(11)17-15(19)10-18(2)12-6-3-4-7-12/h5,8-9,12H,3-4,6-7,10,16H2,1-2H3,(H,17,19). The first-order valence-electron chi connectivity index (χ1n) is 6.93. The van der Waals surface area contributed by atoms with Gasteiger partial charge in [-0.3, -0.25) is 9.69 Å². The lowest BCUT2D eigenvalue weighted by molar-refractivity contribution is -0.117. The van der Waals surface area contributed by atoms with E-state index in [-0.39, 0.29) is 5.91 Å². The number of rotatable bonds is 4. The molecular formula is C15H23N3O. The smallest absolute Gasteiger partial charge is 0.238 e. The van der Waals surface area contributed by atoms with Crippen molar-refractivity contribution in [3.05, 3.63) is 23.8 Å². The van der Waals surface area contributed by atoms with Gasteiger partial charge in [-0.05, 0) is 44.5 Å². The van der Waals surface area contributed by atoms with Crippen LogP contribution in [-0.4, -0.2) is 30.4 Å². The Balaban J connectivity index is 1.91. The fourth-order valence-electron chi connectivity index (χ4n) is 2.68. The number of amides is 1. The van der Waals surface area contributed by atoms with Crippen LogP contribution in [0.5, 0.6) is 0 Å². The van der Waals surface area contributed by atoms with E-state index < -0.39 is 0 Å². The Hall–Kier alpha value is -1.55. The summed E-state index contributed by atoms with van der Waals surface area (Å²) < 4.78 is 0. The molecule has 1 aliphatic rings. The van der Waals surface area contributed by atoms with Crippen molar-refractivity contribution in [2.75, 3.05) is 24.6 Å². The highest BCUT2D eigenvalue weighted by Crippen LogP contribution is 2.23. The summed E-state index contributed by atoms with van der Waals surface area (Å²) in [6.45, 7) is 2.37. The van der Waals surface area contributed by atoms with E-state index in [9.17, 15) is 4.79 Å². The molecule has 0 unspecified atom stereocenters. The molecule has 1 fully saturated rings. The van der Waals surface area contributed by atoms with Crippen LogP contribution < -0.4 is 11.1 Å². The molecule has 1 aromatic carbocycles. The highest BCUT2D eigenvalue weighted by molar-refractivity contribution is 5.93. The monoisotopic (exact) mass is 261 g/mol. The van der Waals surface area contributed by atoms with Crippen LogP contribution in [0.4, 0.5) is 11.4 Å². The third-order valence-corrected chi connectivity index (χ3v) is 3.99. The van der Waals surface area contributed by atoms with Gasteiger partial charge in [-0.1, -0.05) is 18.9 Å². The normalized spacial score (nSPS) is 15.9. The van der Waals surface area contributed by atoms with Crippen molar-refractivity contribution < 1.29 is 4.79 Å². The largest absolute Gasteiger partial charge is 0.398 e. The third-order valence-electron chi connectivity index (χ3n) is 3.99. The molecular weight excluding hydrogens is 238 g/mol. The van der Waals surface area contributed by atoms with Gasteiger partial charge in [0.1, 0.15) is 0 Å². The number of nitrogen functional groups attached to an aromatic ring is 1. The first-order valence-corrected chi connectivity index (χ1v) is 6.93. The quantitative estimate of drug-likeness (QED) is 0.818. The maximum atomic E-state index is 12.0. The van der Waals surface area contributed by atoms with Gasteiger partial charge in [0.15, 0.2) is 0 Å². The molecule has 104 valence electrons. The molecule has 0 atom stereocenters. The molecule has 4 heteroatoms. The summed E-state index contributed by atoms with van der Waals surface area (Å²) in [5, 5.41) is 2.94. The Morgan fingerprint density at radius 2 is 2.11 bits per heavy atom. The predicted octanol–water partition coefficient (Wildman–Crippen LogP) is 2.39. The van der Waals surface area contributed by atoms with E-state index in [0.29, 0.717) is 18.3 Å². The van der Waals surface area contributed by atoms with E-state index in [0.717, 1.165) is 11.3 Å². The van der Waals surface area contributed by atoms with E-state index >= 15 is 0 Å². The van der Waals surface area contributed by atoms with Gasteiger partial charge in [-0.15, -0.1) is 0 Å². The first-order chi connectivity index (χ1) is 9.08. The number of anilines is 2. The predicted molar refractivity (Wildman–Crippen MR) is 79.1 cm³/mol. The number of carbonyl (C=O) groups is 1. The summed E-state index contributed by atoms with van der Waals surface area (Å²) in [6.07, 6.45) is 4.98. The maximum absolute atomic E-state index is 12.0. The average molecular weight is 261 g/mol. The van der Waals surface area contributed by atoms with E-state index in [1.54, 1.807) is 0 Å². The topological polar surface area (TPSA) is 58.4 Å². The van der Waals surface area contributed by atoms with Gasteiger partial charge >= 0.3 is 0 Å². The molecule has 0 spiro atoms. The van der Waals surface area contributed by atoms with Crippen LogP contribution in [0.1, 0.15) is 31.2 Å². The van der Waals surface area contributed by atoms with Crippen LogP contribution in [0.2, 0.25) is 0 Å². The number of nitrogens with two attached hydrogens (primary N) is 1. The van der Waals surface area contributed by atoms with E-state index in [1.165, 1.54) is 25.7 Å². The highest BCUT2D eigenvalue weighted by atomic mass is 16.2. The Bertz CT molecular complexity index is 453. The second kappa shape index (κ2) is 6.06.